The summed E-state index contributed by atoms with van der Waals surface area (Å²) < 4.78 is 0.815. The lowest BCUT2D eigenvalue weighted by atomic mass is 10.2. The van der Waals surface area contributed by atoms with E-state index in [0.717, 1.165) is 4.47 Å². The van der Waals surface area contributed by atoms with Gasteiger partial charge in [0.15, 0.2) is 0 Å². The Bertz CT molecular complexity index is 563. The van der Waals surface area contributed by atoms with Gasteiger partial charge in [-0.25, -0.2) is 0 Å². The molecule has 5 heteroatoms. The summed E-state index contributed by atoms with van der Waals surface area (Å²) in [6, 6.07) is 6.69. The van der Waals surface area contributed by atoms with Gasteiger partial charge in [-0.15, -0.1) is 0 Å². The second kappa shape index (κ2) is 4.63. The van der Waals surface area contributed by atoms with Gasteiger partial charge in [0.05, 0.1) is 0 Å². The second-order valence-electron chi connectivity index (χ2n) is 3.64. The van der Waals surface area contributed by atoms with Crippen molar-refractivity contribution in [3.05, 3.63) is 46.2 Å². The van der Waals surface area contributed by atoms with Crippen LogP contribution in [0.15, 0.2) is 34.9 Å². The van der Waals surface area contributed by atoms with E-state index >= 15 is 0 Å². The molecule has 4 nitrogen and oxygen atoms in total. The predicted octanol–water partition coefficient (Wildman–Crippen LogP) is 3.04. The number of phenolic OH excluding ortho intramolecular Hbond substituents is 1. The molecule has 0 unspecified atom stereocenters. The molecule has 1 heterocycles. The predicted molar refractivity (Wildman–Crippen MR) is 69.3 cm³/mol. The summed E-state index contributed by atoms with van der Waals surface area (Å²) in [6.45, 7) is 1.75. The summed E-state index contributed by atoms with van der Waals surface area (Å²) in [4.78, 5) is 14.7. The van der Waals surface area contributed by atoms with Crippen LogP contribution < -0.4 is 5.32 Å². The standard InChI is InChI=1S/C12H11BrN2O2/c1-7-9(3-2-4-11(7)16)15-12(17)10-5-8(13)6-14-10/h2-6,14,16H,1H3,(H,15,17). The molecule has 0 saturated heterocycles. The van der Waals surface area contributed by atoms with E-state index in [-0.39, 0.29) is 11.7 Å². The van der Waals surface area contributed by atoms with Crippen LogP contribution >= 0.6 is 15.9 Å². The Kier molecular flexibility index (Phi) is 3.19. The minimum Gasteiger partial charge on any atom is -0.508 e. The number of anilines is 1. The number of carbonyl (C=O) groups is 1. The van der Waals surface area contributed by atoms with Crippen molar-refractivity contribution in [3.8, 4) is 5.75 Å². The lowest BCUT2D eigenvalue weighted by Gasteiger charge is -2.08. The highest BCUT2D eigenvalue weighted by atomic mass is 79.9. The Balaban J connectivity index is 2.21. The third-order valence-corrected chi connectivity index (χ3v) is 2.90. The van der Waals surface area contributed by atoms with Crippen molar-refractivity contribution in [2.24, 2.45) is 0 Å². The van der Waals surface area contributed by atoms with Crippen molar-refractivity contribution in [1.29, 1.82) is 0 Å². The number of hydrogen-bond acceptors (Lipinski definition) is 2. The number of nitrogens with one attached hydrogen (secondary N) is 2. The fraction of sp³-hybridized carbons (Fsp3) is 0.0833. The lowest BCUT2D eigenvalue weighted by molar-refractivity contribution is 0.102. The minimum absolute atomic E-state index is 0.162. The van der Waals surface area contributed by atoms with Crippen molar-refractivity contribution in [3.63, 3.8) is 0 Å². The molecule has 88 valence electrons. The molecular formula is C12H11BrN2O2. The number of halogens is 1. The first-order chi connectivity index (χ1) is 8.08. The Hall–Kier alpha value is -1.75. The van der Waals surface area contributed by atoms with Crippen LogP contribution in [0.5, 0.6) is 5.75 Å². The van der Waals surface area contributed by atoms with Crippen LogP contribution in [0.4, 0.5) is 5.69 Å². The van der Waals surface area contributed by atoms with Gasteiger partial charge in [-0.3, -0.25) is 4.79 Å². The largest absolute Gasteiger partial charge is 0.508 e. The van der Waals surface area contributed by atoms with Crippen LogP contribution in [-0.4, -0.2) is 16.0 Å². The number of phenols is 1. The molecule has 0 saturated carbocycles. The molecular weight excluding hydrogens is 284 g/mol. The van der Waals surface area contributed by atoms with Gasteiger partial charge in [0, 0.05) is 21.9 Å². The highest BCUT2D eigenvalue weighted by Crippen LogP contribution is 2.24. The molecule has 0 spiro atoms. The van der Waals surface area contributed by atoms with Crippen molar-refractivity contribution in [1.82, 2.24) is 4.98 Å². The molecule has 0 bridgehead atoms. The van der Waals surface area contributed by atoms with Crippen LogP contribution in [0.2, 0.25) is 0 Å². The SMILES string of the molecule is Cc1c(O)cccc1NC(=O)c1cc(Br)c[nH]1. The van der Waals surface area contributed by atoms with E-state index < -0.39 is 0 Å². The number of carbonyl (C=O) groups excluding carboxylic acids is 1. The highest BCUT2D eigenvalue weighted by molar-refractivity contribution is 9.10. The molecule has 17 heavy (non-hydrogen) atoms. The molecule has 1 aromatic carbocycles. The topological polar surface area (TPSA) is 65.1 Å². The van der Waals surface area contributed by atoms with E-state index in [1.807, 2.05) is 0 Å². The average molecular weight is 295 g/mol. The molecule has 0 radical (unpaired) electrons. The van der Waals surface area contributed by atoms with Gasteiger partial charge < -0.3 is 15.4 Å². The molecule has 0 aliphatic rings. The van der Waals surface area contributed by atoms with Crippen molar-refractivity contribution in [2.75, 3.05) is 5.32 Å². The zero-order valence-corrected chi connectivity index (χ0v) is 10.7. The maximum atomic E-state index is 11.8. The van der Waals surface area contributed by atoms with Crippen molar-refractivity contribution < 1.29 is 9.90 Å². The van der Waals surface area contributed by atoms with Crippen molar-refractivity contribution >= 4 is 27.5 Å². The highest BCUT2D eigenvalue weighted by Gasteiger charge is 2.10. The number of aromatic amines is 1. The zero-order chi connectivity index (χ0) is 12.4. The third kappa shape index (κ3) is 2.50. The number of hydrogen-bond donors (Lipinski definition) is 3. The van der Waals surface area contributed by atoms with E-state index in [2.05, 4.69) is 26.2 Å². The molecule has 0 aliphatic heterocycles. The Morgan fingerprint density at radius 2 is 2.24 bits per heavy atom. The summed E-state index contributed by atoms with van der Waals surface area (Å²) in [7, 11) is 0. The monoisotopic (exact) mass is 294 g/mol. The maximum absolute atomic E-state index is 11.8. The molecule has 2 rings (SSSR count). The summed E-state index contributed by atoms with van der Waals surface area (Å²) >= 11 is 3.26. The van der Waals surface area contributed by atoms with Crippen molar-refractivity contribution in [2.45, 2.75) is 6.92 Å². The fourth-order valence-corrected chi connectivity index (χ4v) is 1.79. The second-order valence-corrected chi connectivity index (χ2v) is 4.55. The van der Waals surface area contributed by atoms with Crippen LogP contribution in [0.3, 0.4) is 0 Å². The van der Waals surface area contributed by atoms with Gasteiger partial charge in [0.25, 0.3) is 5.91 Å². The molecule has 0 atom stereocenters. The normalized spacial score (nSPS) is 10.2. The zero-order valence-electron chi connectivity index (χ0n) is 9.12. The Labute approximate surface area is 107 Å². The van der Waals surface area contributed by atoms with Crippen LogP contribution in [0.25, 0.3) is 0 Å². The van der Waals surface area contributed by atoms with E-state index in [1.165, 1.54) is 0 Å². The van der Waals surface area contributed by atoms with E-state index in [0.29, 0.717) is 16.9 Å². The van der Waals surface area contributed by atoms with E-state index in [1.54, 1.807) is 37.4 Å². The van der Waals surface area contributed by atoms with Crippen LogP contribution in [0, 0.1) is 6.92 Å². The minimum atomic E-state index is -0.246. The van der Waals surface area contributed by atoms with Crippen LogP contribution in [-0.2, 0) is 0 Å². The molecule has 1 amide bonds. The number of H-pyrrole nitrogens is 1. The number of rotatable bonds is 2. The third-order valence-electron chi connectivity index (χ3n) is 2.45. The Morgan fingerprint density at radius 3 is 2.88 bits per heavy atom. The number of amides is 1. The van der Waals surface area contributed by atoms with E-state index in [9.17, 15) is 9.90 Å². The van der Waals surface area contributed by atoms with Gasteiger partial charge in [0.1, 0.15) is 11.4 Å². The van der Waals surface area contributed by atoms with Gasteiger partial charge in [-0.1, -0.05) is 6.07 Å². The maximum Gasteiger partial charge on any atom is 0.272 e. The van der Waals surface area contributed by atoms with Crippen LogP contribution in [0.1, 0.15) is 16.1 Å². The van der Waals surface area contributed by atoms with Gasteiger partial charge >= 0.3 is 0 Å². The van der Waals surface area contributed by atoms with Gasteiger partial charge in [-0.2, -0.15) is 0 Å². The quantitative estimate of drug-likeness (QED) is 0.797. The first-order valence-corrected chi connectivity index (χ1v) is 5.81. The molecule has 0 aliphatic carbocycles. The van der Waals surface area contributed by atoms with Gasteiger partial charge in [-0.05, 0) is 41.1 Å². The van der Waals surface area contributed by atoms with E-state index in [4.69, 9.17) is 0 Å². The summed E-state index contributed by atoms with van der Waals surface area (Å²) in [6.07, 6.45) is 1.68. The average Bonchev–Trinajstić information content (AvgIpc) is 2.72. The first kappa shape index (κ1) is 11.7. The molecule has 2 aromatic rings. The summed E-state index contributed by atoms with van der Waals surface area (Å²) in [5, 5.41) is 12.3. The molecule has 1 aromatic heterocycles. The Morgan fingerprint density at radius 1 is 1.47 bits per heavy atom. The number of aromatic hydroxyl groups is 1. The number of aromatic nitrogens is 1. The molecule has 3 N–H and O–H groups in total. The first-order valence-electron chi connectivity index (χ1n) is 5.02. The van der Waals surface area contributed by atoms with Gasteiger partial charge in [0.2, 0.25) is 0 Å². The number of benzene rings is 1. The fourth-order valence-electron chi connectivity index (χ4n) is 1.45. The molecule has 0 fully saturated rings. The summed E-state index contributed by atoms with van der Waals surface area (Å²) in [5.74, 6) is -0.0835. The summed E-state index contributed by atoms with van der Waals surface area (Å²) in [5.41, 5.74) is 1.70. The smallest absolute Gasteiger partial charge is 0.272 e. The lowest BCUT2D eigenvalue weighted by Crippen LogP contribution is -2.12.